The fourth-order valence-corrected chi connectivity index (χ4v) is 4.56. The summed E-state index contributed by atoms with van der Waals surface area (Å²) in [5.41, 5.74) is 3.93. The van der Waals surface area contributed by atoms with Crippen LogP contribution in [0.4, 0.5) is 11.4 Å². The van der Waals surface area contributed by atoms with Crippen molar-refractivity contribution in [1.29, 1.82) is 0 Å². The number of hydrogen-bond donors (Lipinski definition) is 3. The van der Waals surface area contributed by atoms with Crippen LogP contribution in [-0.2, 0) is 10.0 Å². The first-order valence-corrected chi connectivity index (χ1v) is 12.7. The van der Waals surface area contributed by atoms with E-state index in [9.17, 15) is 13.2 Å². The molecule has 8 nitrogen and oxygen atoms in total. The minimum Gasteiger partial charge on any atom is -0.321 e. The number of aryl methyl sites for hydroxylation is 2. The average Bonchev–Trinajstić information content (AvgIpc) is 3.32. The second-order valence-corrected chi connectivity index (χ2v) is 10.3. The third-order valence-corrected chi connectivity index (χ3v) is 7.03. The lowest BCUT2D eigenvalue weighted by molar-refractivity contribution is 0.102. The number of amides is 1. The van der Waals surface area contributed by atoms with Gasteiger partial charge in [-0.25, -0.2) is 13.4 Å². The van der Waals surface area contributed by atoms with Gasteiger partial charge in [0, 0.05) is 22.7 Å². The number of sulfonamides is 1. The number of para-hydroxylation sites is 1. The summed E-state index contributed by atoms with van der Waals surface area (Å²) in [7, 11) is -3.74. The van der Waals surface area contributed by atoms with Crippen molar-refractivity contribution in [3.05, 3.63) is 89.2 Å². The molecule has 4 rings (SSSR count). The minimum atomic E-state index is -3.74. The molecule has 1 aromatic heterocycles. The summed E-state index contributed by atoms with van der Waals surface area (Å²) in [5, 5.41) is 10.1. The van der Waals surface area contributed by atoms with E-state index in [0.717, 1.165) is 17.0 Å². The number of hydrogen-bond acceptors (Lipinski definition) is 5. The summed E-state index contributed by atoms with van der Waals surface area (Å²) >= 11 is 0. The highest BCUT2D eigenvalue weighted by molar-refractivity contribution is 7.92. The molecule has 0 saturated carbocycles. The van der Waals surface area contributed by atoms with E-state index in [4.69, 9.17) is 0 Å². The zero-order valence-corrected chi connectivity index (χ0v) is 20.8. The summed E-state index contributed by atoms with van der Waals surface area (Å²) in [6, 6.07) is 18.5. The van der Waals surface area contributed by atoms with Crippen molar-refractivity contribution in [2.45, 2.75) is 38.5 Å². The molecule has 0 radical (unpaired) electrons. The lowest BCUT2D eigenvalue weighted by Gasteiger charge is -2.11. The monoisotopic (exact) mass is 489 g/mol. The van der Waals surface area contributed by atoms with E-state index in [0.29, 0.717) is 28.3 Å². The highest BCUT2D eigenvalue weighted by Crippen LogP contribution is 2.27. The molecule has 0 fully saturated rings. The molecule has 4 aromatic rings. The van der Waals surface area contributed by atoms with Crippen molar-refractivity contribution >= 4 is 27.3 Å². The van der Waals surface area contributed by atoms with Crippen molar-refractivity contribution in [3.63, 3.8) is 0 Å². The van der Waals surface area contributed by atoms with Crippen molar-refractivity contribution in [2.75, 3.05) is 10.0 Å². The largest absolute Gasteiger partial charge is 0.321 e. The topological polar surface area (TPSA) is 117 Å². The van der Waals surface area contributed by atoms with Crippen LogP contribution in [0.3, 0.4) is 0 Å². The Labute approximate surface area is 204 Å². The van der Waals surface area contributed by atoms with E-state index in [1.54, 1.807) is 48.5 Å². The molecule has 9 heteroatoms. The van der Waals surface area contributed by atoms with E-state index in [1.165, 1.54) is 0 Å². The molecule has 1 amide bonds. The van der Waals surface area contributed by atoms with Gasteiger partial charge >= 0.3 is 0 Å². The molecule has 35 heavy (non-hydrogen) atoms. The van der Waals surface area contributed by atoms with Gasteiger partial charge in [-0.2, -0.15) is 5.10 Å². The van der Waals surface area contributed by atoms with Gasteiger partial charge in [-0.15, -0.1) is 0 Å². The third-order valence-electron chi connectivity index (χ3n) is 5.65. The summed E-state index contributed by atoms with van der Waals surface area (Å²) < 4.78 is 28.0. The molecule has 0 aliphatic carbocycles. The van der Waals surface area contributed by atoms with Gasteiger partial charge in [-0.3, -0.25) is 14.6 Å². The maximum atomic E-state index is 12.9. The van der Waals surface area contributed by atoms with Gasteiger partial charge in [0.25, 0.3) is 15.9 Å². The smallest absolute Gasteiger partial charge is 0.261 e. The molecule has 0 aliphatic heterocycles. The van der Waals surface area contributed by atoms with Crippen molar-refractivity contribution in [2.24, 2.45) is 0 Å². The van der Waals surface area contributed by atoms with E-state index in [1.807, 2.05) is 45.9 Å². The first-order chi connectivity index (χ1) is 16.6. The lowest BCUT2D eigenvalue weighted by atomic mass is 10.1. The standard InChI is InChI=1S/C26H27N5O3S/c1-16(2)24-28-25(30-29-24)22-7-5-6-8-23(22)27-26(32)19-10-12-20(13-11-19)31-35(33,34)21-14-9-17(3)18(4)15-21/h5-16,31H,1-4H3,(H,27,32)(H,28,29,30). The van der Waals surface area contributed by atoms with Gasteiger partial charge in [0.15, 0.2) is 5.82 Å². The first kappa shape index (κ1) is 24.2. The number of rotatable bonds is 7. The Morgan fingerprint density at radius 2 is 1.66 bits per heavy atom. The van der Waals surface area contributed by atoms with Crippen LogP contribution in [0.1, 0.15) is 47.1 Å². The second kappa shape index (κ2) is 9.71. The molecule has 0 unspecified atom stereocenters. The Morgan fingerprint density at radius 1 is 0.943 bits per heavy atom. The number of aromatic amines is 1. The predicted octanol–water partition coefficient (Wildman–Crippen LogP) is 5.27. The van der Waals surface area contributed by atoms with E-state index in [-0.39, 0.29) is 16.7 Å². The van der Waals surface area contributed by atoms with Crippen molar-refractivity contribution < 1.29 is 13.2 Å². The molecule has 0 spiro atoms. The number of nitrogens with one attached hydrogen (secondary N) is 3. The molecule has 3 aromatic carbocycles. The fourth-order valence-electron chi connectivity index (χ4n) is 3.42. The van der Waals surface area contributed by atoms with Crippen LogP contribution in [0.5, 0.6) is 0 Å². The summed E-state index contributed by atoms with van der Waals surface area (Å²) in [4.78, 5) is 17.6. The number of carbonyl (C=O) groups excluding carboxylic acids is 1. The normalized spacial score (nSPS) is 11.5. The van der Waals surface area contributed by atoms with Crippen LogP contribution in [0.15, 0.2) is 71.6 Å². The number of nitrogens with zero attached hydrogens (tertiary/aromatic N) is 2. The van der Waals surface area contributed by atoms with Gasteiger partial charge in [-0.1, -0.05) is 32.0 Å². The Hall–Kier alpha value is -3.98. The average molecular weight is 490 g/mol. The molecule has 180 valence electrons. The molecule has 0 saturated heterocycles. The van der Waals surface area contributed by atoms with E-state index in [2.05, 4.69) is 25.2 Å². The van der Waals surface area contributed by atoms with Crippen LogP contribution >= 0.6 is 0 Å². The van der Waals surface area contributed by atoms with Crippen molar-refractivity contribution in [1.82, 2.24) is 15.2 Å². The van der Waals surface area contributed by atoms with Crippen LogP contribution < -0.4 is 10.0 Å². The van der Waals surface area contributed by atoms with Gasteiger partial charge in [-0.05, 0) is 73.5 Å². The molecule has 0 bridgehead atoms. The quantitative estimate of drug-likeness (QED) is 0.327. The molecular formula is C26H27N5O3S. The van der Waals surface area contributed by atoms with Crippen LogP contribution in [-0.4, -0.2) is 29.5 Å². The van der Waals surface area contributed by atoms with E-state index < -0.39 is 10.0 Å². The molecule has 3 N–H and O–H groups in total. The molecule has 0 aliphatic rings. The van der Waals surface area contributed by atoms with Crippen LogP contribution in [0.25, 0.3) is 11.4 Å². The predicted molar refractivity (Wildman–Crippen MR) is 137 cm³/mol. The molecular weight excluding hydrogens is 462 g/mol. The molecule has 1 heterocycles. The number of H-pyrrole nitrogens is 1. The SMILES string of the molecule is Cc1ccc(S(=O)(=O)Nc2ccc(C(=O)Nc3ccccc3-c3n[nH]c(C(C)C)n3)cc2)cc1C. The summed E-state index contributed by atoms with van der Waals surface area (Å²) in [5.74, 6) is 1.13. The Kier molecular flexibility index (Phi) is 6.70. The molecule has 0 atom stereocenters. The Bertz CT molecular complexity index is 1480. The Balaban J connectivity index is 1.50. The first-order valence-electron chi connectivity index (χ1n) is 11.2. The van der Waals surface area contributed by atoms with Gasteiger partial charge in [0.2, 0.25) is 0 Å². The number of benzene rings is 3. The van der Waals surface area contributed by atoms with Gasteiger partial charge in [0.05, 0.1) is 10.6 Å². The van der Waals surface area contributed by atoms with Gasteiger partial charge in [0.1, 0.15) is 5.82 Å². The Morgan fingerprint density at radius 3 is 2.31 bits per heavy atom. The fraction of sp³-hybridized carbons (Fsp3) is 0.192. The maximum absolute atomic E-state index is 12.9. The zero-order valence-electron chi connectivity index (χ0n) is 20.0. The number of aromatic nitrogens is 3. The zero-order chi connectivity index (χ0) is 25.2. The minimum absolute atomic E-state index is 0.187. The second-order valence-electron chi connectivity index (χ2n) is 8.63. The van der Waals surface area contributed by atoms with Crippen LogP contribution in [0, 0.1) is 13.8 Å². The lowest BCUT2D eigenvalue weighted by Crippen LogP contribution is -2.15. The van der Waals surface area contributed by atoms with Crippen LogP contribution in [0.2, 0.25) is 0 Å². The highest BCUT2D eigenvalue weighted by atomic mass is 32.2. The highest BCUT2D eigenvalue weighted by Gasteiger charge is 2.17. The summed E-state index contributed by atoms with van der Waals surface area (Å²) in [6.07, 6.45) is 0. The maximum Gasteiger partial charge on any atom is 0.261 e. The van der Waals surface area contributed by atoms with Gasteiger partial charge < -0.3 is 5.32 Å². The number of anilines is 2. The van der Waals surface area contributed by atoms with Crippen molar-refractivity contribution in [3.8, 4) is 11.4 Å². The third kappa shape index (κ3) is 5.41. The summed E-state index contributed by atoms with van der Waals surface area (Å²) in [6.45, 7) is 7.83. The van der Waals surface area contributed by atoms with E-state index >= 15 is 0 Å². The number of carbonyl (C=O) groups is 1.